The lowest BCUT2D eigenvalue weighted by molar-refractivity contribution is 0.0995. The lowest BCUT2D eigenvalue weighted by atomic mass is 10.3. The summed E-state index contributed by atoms with van der Waals surface area (Å²) >= 11 is 0. The third kappa shape index (κ3) is 2.67. The molecule has 4 heteroatoms. The second-order valence-corrected chi connectivity index (χ2v) is 2.92. The topological polar surface area (TPSA) is 29.5 Å². The molecule has 0 radical (unpaired) electrons. The summed E-state index contributed by atoms with van der Waals surface area (Å²) in [6, 6.07) is 3.47. The first-order valence-electron chi connectivity index (χ1n) is 4.40. The first-order valence-corrected chi connectivity index (χ1v) is 4.40. The zero-order chi connectivity index (χ0) is 10.6. The molecule has 1 aromatic rings. The average Bonchev–Trinajstić information content (AvgIpc) is 2.16. The van der Waals surface area contributed by atoms with E-state index in [2.05, 4.69) is 0 Å². The van der Waals surface area contributed by atoms with E-state index in [1.807, 2.05) is 0 Å². The highest BCUT2D eigenvalue weighted by Crippen LogP contribution is 2.20. The van der Waals surface area contributed by atoms with Crippen molar-refractivity contribution in [1.29, 1.82) is 0 Å². The Balaban J connectivity index is 2.66. The molecule has 0 aliphatic rings. The van der Waals surface area contributed by atoms with Gasteiger partial charge in [0, 0.05) is 0 Å². The lowest BCUT2D eigenvalue weighted by Crippen LogP contribution is -2.17. The normalized spacial score (nSPS) is 12.6. The predicted molar refractivity (Wildman–Crippen MR) is 48.2 cm³/mol. The van der Waals surface area contributed by atoms with Gasteiger partial charge in [0.15, 0.2) is 17.4 Å². The quantitative estimate of drug-likeness (QED) is 0.810. The van der Waals surface area contributed by atoms with Gasteiger partial charge in [-0.05, 0) is 18.6 Å². The second-order valence-electron chi connectivity index (χ2n) is 2.92. The molecule has 0 saturated carbocycles. The van der Waals surface area contributed by atoms with Gasteiger partial charge in [-0.2, -0.15) is 0 Å². The monoisotopic (exact) mass is 202 g/mol. The van der Waals surface area contributed by atoms with Gasteiger partial charge in [-0.3, -0.25) is 0 Å². The molecule has 1 aromatic carbocycles. The van der Waals surface area contributed by atoms with Crippen molar-refractivity contribution in [2.75, 3.05) is 6.61 Å². The van der Waals surface area contributed by atoms with Gasteiger partial charge >= 0.3 is 0 Å². The SMILES string of the molecule is CCC(O)COc1c(F)cccc1F. The van der Waals surface area contributed by atoms with E-state index in [9.17, 15) is 8.78 Å². The van der Waals surface area contributed by atoms with Crippen LogP contribution in [0.25, 0.3) is 0 Å². The van der Waals surface area contributed by atoms with E-state index in [0.717, 1.165) is 12.1 Å². The summed E-state index contributed by atoms with van der Waals surface area (Å²) in [5.74, 6) is -1.94. The van der Waals surface area contributed by atoms with Crippen molar-refractivity contribution in [3.63, 3.8) is 0 Å². The maximum Gasteiger partial charge on any atom is 0.190 e. The van der Waals surface area contributed by atoms with Gasteiger partial charge in [0.1, 0.15) is 6.61 Å². The smallest absolute Gasteiger partial charge is 0.190 e. The molecule has 0 fully saturated rings. The highest BCUT2D eigenvalue weighted by atomic mass is 19.1. The maximum absolute atomic E-state index is 13.0. The summed E-state index contributed by atoms with van der Waals surface area (Å²) in [5.41, 5.74) is 0. The third-order valence-electron chi connectivity index (χ3n) is 1.81. The Morgan fingerprint density at radius 2 is 1.93 bits per heavy atom. The number of hydrogen-bond acceptors (Lipinski definition) is 2. The molecule has 0 saturated heterocycles. The Labute approximate surface area is 81.1 Å². The predicted octanol–water partition coefficient (Wildman–Crippen LogP) is 2.11. The van der Waals surface area contributed by atoms with Crippen molar-refractivity contribution in [3.05, 3.63) is 29.8 Å². The molecule has 2 nitrogen and oxygen atoms in total. The van der Waals surface area contributed by atoms with Crippen molar-refractivity contribution >= 4 is 0 Å². The van der Waals surface area contributed by atoms with Crippen LogP contribution < -0.4 is 4.74 Å². The molecule has 1 rings (SSSR count). The van der Waals surface area contributed by atoms with Gasteiger partial charge in [-0.1, -0.05) is 13.0 Å². The van der Waals surface area contributed by atoms with Crippen LogP contribution in [0.3, 0.4) is 0 Å². The fraction of sp³-hybridized carbons (Fsp3) is 0.400. The highest BCUT2D eigenvalue weighted by molar-refractivity contribution is 5.25. The Hall–Kier alpha value is -1.16. The zero-order valence-corrected chi connectivity index (χ0v) is 7.84. The molecule has 1 N–H and O–H groups in total. The molecule has 0 heterocycles. The Morgan fingerprint density at radius 1 is 1.36 bits per heavy atom. The molecule has 0 aliphatic carbocycles. The van der Waals surface area contributed by atoms with E-state index < -0.39 is 23.5 Å². The molecule has 0 aromatic heterocycles. The van der Waals surface area contributed by atoms with Gasteiger partial charge in [0.05, 0.1) is 6.10 Å². The molecular formula is C10H12F2O2. The molecule has 1 unspecified atom stereocenters. The number of para-hydroxylation sites is 1. The second kappa shape index (κ2) is 4.91. The van der Waals surface area contributed by atoms with Gasteiger partial charge in [-0.15, -0.1) is 0 Å². The first kappa shape index (κ1) is 10.9. The van der Waals surface area contributed by atoms with Crippen molar-refractivity contribution < 1.29 is 18.6 Å². The van der Waals surface area contributed by atoms with Crippen LogP contribution in [0.2, 0.25) is 0 Å². The van der Waals surface area contributed by atoms with Gasteiger partial charge in [0.25, 0.3) is 0 Å². The summed E-state index contributed by atoms with van der Waals surface area (Å²) < 4.78 is 30.7. The van der Waals surface area contributed by atoms with Crippen molar-refractivity contribution in [2.24, 2.45) is 0 Å². The van der Waals surface area contributed by atoms with E-state index in [4.69, 9.17) is 9.84 Å². The number of rotatable bonds is 4. The fourth-order valence-electron chi connectivity index (χ4n) is 0.918. The van der Waals surface area contributed by atoms with Gasteiger partial charge < -0.3 is 9.84 Å². The molecule has 0 amide bonds. The van der Waals surface area contributed by atoms with E-state index in [1.54, 1.807) is 6.92 Å². The summed E-state index contributed by atoms with van der Waals surface area (Å²) in [6.07, 6.45) is -0.218. The van der Waals surface area contributed by atoms with Crippen LogP contribution in [0.1, 0.15) is 13.3 Å². The van der Waals surface area contributed by atoms with E-state index >= 15 is 0 Å². The Morgan fingerprint density at radius 3 is 2.43 bits per heavy atom. The van der Waals surface area contributed by atoms with Crippen molar-refractivity contribution in [3.8, 4) is 5.75 Å². The van der Waals surface area contributed by atoms with Crippen LogP contribution in [0, 0.1) is 11.6 Å². The van der Waals surface area contributed by atoms with E-state index in [1.165, 1.54) is 6.07 Å². The summed E-state index contributed by atoms with van der Waals surface area (Å²) in [6.45, 7) is 1.65. The molecule has 78 valence electrons. The van der Waals surface area contributed by atoms with Gasteiger partial charge in [0.2, 0.25) is 0 Å². The molecule has 0 aliphatic heterocycles. The summed E-state index contributed by atoms with van der Waals surface area (Å²) in [7, 11) is 0. The Bertz CT molecular complexity index is 282. The number of hydrogen-bond donors (Lipinski definition) is 1. The van der Waals surface area contributed by atoms with Crippen LogP contribution in [-0.2, 0) is 0 Å². The third-order valence-corrected chi connectivity index (χ3v) is 1.81. The number of halogens is 2. The van der Waals surface area contributed by atoms with Crippen molar-refractivity contribution in [1.82, 2.24) is 0 Å². The molecular weight excluding hydrogens is 190 g/mol. The van der Waals surface area contributed by atoms with Crippen LogP contribution in [0.15, 0.2) is 18.2 Å². The number of aliphatic hydroxyl groups excluding tert-OH is 1. The van der Waals surface area contributed by atoms with Crippen LogP contribution in [-0.4, -0.2) is 17.8 Å². The fourth-order valence-corrected chi connectivity index (χ4v) is 0.918. The molecule has 0 bridgehead atoms. The lowest BCUT2D eigenvalue weighted by Gasteiger charge is -2.11. The first-order chi connectivity index (χ1) is 6.65. The van der Waals surface area contributed by atoms with E-state index in [0.29, 0.717) is 6.42 Å². The molecule has 14 heavy (non-hydrogen) atoms. The van der Waals surface area contributed by atoms with Crippen LogP contribution in [0.4, 0.5) is 8.78 Å². The minimum Gasteiger partial charge on any atom is -0.485 e. The highest BCUT2D eigenvalue weighted by Gasteiger charge is 2.11. The summed E-state index contributed by atoms with van der Waals surface area (Å²) in [4.78, 5) is 0. The van der Waals surface area contributed by atoms with E-state index in [-0.39, 0.29) is 6.61 Å². The molecule has 0 spiro atoms. The van der Waals surface area contributed by atoms with Crippen LogP contribution in [0.5, 0.6) is 5.75 Å². The zero-order valence-electron chi connectivity index (χ0n) is 7.84. The van der Waals surface area contributed by atoms with Gasteiger partial charge in [-0.25, -0.2) is 8.78 Å². The minimum absolute atomic E-state index is 0.103. The van der Waals surface area contributed by atoms with Crippen molar-refractivity contribution in [2.45, 2.75) is 19.4 Å². The Kier molecular flexibility index (Phi) is 3.83. The number of benzene rings is 1. The minimum atomic E-state index is -0.756. The number of aliphatic hydroxyl groups is 1. The average molecular weight is 202 g/mol. The largest absolute Gasteiger partial charge is 0.485 e. The maximum atomic E-state index is 13.0. The van der Waals surface area contributed by atoms with Crippen LogP contribution >= 0.6 is 0 Å². The molecule has 1 atom stereocenters. The summed E-state index contributed by atoms with van der Waals surface area (Å²) in [5, 5.41) is 9.13. The number of ether oxygens (including phenoxy) is 1. The standard InChI is InChI=1S/C10H12F2O2/c1-2-7(13)6-14-10-8(11)4-3-5-9(10)12/h3-5,7,13H,2,6H2,1H3.